The Balaban J connectivity index is 1.94. The number of non-ortho nitro benzene ring substituents is 1. The summed E-state index contributed by atoms with van der Waals surface area (Å²) in [6, 6.07) is 15.8. The smallest absolute Gasteiger partial charge is 0.269 e. The molecule has 0 saturated carbocycles. The van der Waals surface area contributed by atoms with Gasteiger partial charge in [-0.25, -0.2) is 0 Å². The molecule has 0 saturated heterocycles. The third-order valence-corrected chi connectivity index (χ3v) is 3.34. The molecule has 0 radical (unpaired) electrons. The van der Waals surface area contributed by atoms with E-state index in [2.05, 4.69) is 5.32 Å². The summed E-state index contributed by atoms with van der Waals surface area (Å²) in [5.41, 5.74) is 1.88. The molecule has 2 atom stereocenters. The fourth-order valence-corrected chi connectivity index (χ4v) is 2.07. The van der Waals surface area contributed by atoms with Crippen LogP contribution in [0, 0.1) is 10.1 Å². The minimum atomic E-state index is -0.539. The number of nitro benzene ring substituents is 1. The molecule has 2 unspecified atom stereocenters. The molecule has 110 valence electrons. The van der Waals surface area contributed by atoms with Crippen molar-refractivity contribution in [2.75, 3.05) is 5.32 Å². The SMILES string of the molecule is CC(Nc1ccc([N+](=O)[O-])cc1)C(O)Cc1ccccc1. The molecule has 2 rings (SSSR count). The molecule has 0 heterocycles. The molecule has 0 aliphatic carbocycles. The highest BCUT2D eigenvalue weighted by Gasteiger charge is 2.15. The van der Waals surface area contributed by atoms with Gasteiger partial charge in [-0.15, -0.1) is 0 Å². The number of nitro groups is 1. The Labute approximate surface area is 123 Å². The van der Waals surface area contributed by atoms with Crippen molar-refractivity contribution in [3.8, 4) is 0 Å². The van der Waals surface area contributed by atoms with E-state index in [-0.39, 0.29) is 11.7 Å². The van der Waals surface area contributed by atoms with Gasteiger partial charge in [0.1, 0.15) is 0 Å². The lowest BCUT2D eigenvalue weighted by Crippen LogP contribution is -2.32. The van der Waals surface area contributed by atoms with Gasteiger partial charge in [0.15, 0.2) is 0 Å². The summed E-state index contributed by atoms with van der Waals surface area (Å²) in [5, 5.41) is 24.0. The second kappa shape index (κ2) is 6.85. The Morgan fingerprint density at radius 1 is 1.14 bits per heavy atom. The molecule has 0 aliphatic rings. The molecule has 0 spiro atoms. The average molecular weight is 286 g/mol. The lowest BCUT2D eigenvalue weighted by Gasteiger charge is -2.21. The summed E-state index contributed by atoms with van der Waals surface area (Å²) >= 11 is 0. The van der Waals surface area contributed by atoms with Gasteiger partial charge in [0, 0.05) is 30.3 Å². The lowest BCUT2D eigenvalue weighted by atomic mass is 10.0. The first-order valence-corrected chi connectivity index (χ1v) is 6.79. The van der Waals surface area contributed by atoms with E-state index < -0.39 is 11.0 Å². The van der Waals surface area contributed by atoms with Crippen LogP contribution in [-0.4, -0.2) is 22.2 Å². The molecule has 0 aromatic heterocycles. The molecule has 2 aromatic rings. The summed E-state index contributed by atoms with van der Waals surface area (Å²) in [6.45, 7) is 1.88. The number of aliphatic hydroxyl groups excluding tert-OH is 1. The Morgan fingerprint density at radius 3 is 2.33 bits per heavy atom. The zero-order chi connectivity index (χ0) is 15.2. The van der Waals surface area contributed by atoms with Crippen LogP contribution >= 0.6 is 0 Å². The van der Waals surface area contributed by atoms with Crippen molar-refractivity contribution in [3.63, 3.8) is 0 Å². The van der Waals surface area contributed by atoms with Gasteiger partial charge < -0.3 is 10.4 Å². The topological polar surface area (TPSA) is 75.4 Å². The van der Waals surface area contributed by atoms with Gasteiger partial charge in [-0.3, -0.25) is 10.1 Å². The summed E-state index contributed by atoms with van der Waals surface area (Å²) in [5.74, 6) is 0. The molecule has 0 aliphatic heterocycles. The summed E-state index contributed by atoms with van der Waals surface area (Å²) in [7, 11) is 0. The molecular formula is C16H18N2O3. The number of anilines is 1. The number of rotatable bonds is 6. The average Bonchev–Trinajstić information content (AvgIpc) is 2.48. The first-order chi connectivity index (χ1) is 10.1. The van der Waals surface area contributed by atoms with Crippen LogP contribution in [0.1, 0.15) is 12.5 Å². The summed E-state index contributed by atoms with van der Waals surface area (Å²) in [4.78, 5) is 10.2. The van der Waals surface area contributed by atoms with Gasteiger partial charge in [-0.05, 0) is 24.6 Å². The highest BCUT2D eigenvalue weighted by Crippen LogP contribution is 2.17. The summed E-state index contributed by atoms with van der Waals surface area (Å²) < 4.78 is 0. The number of nitrogens with one attached hydrogen (secondary N) is 1. The first-order valence-electron chi connectivity index (χ1n) is 6.79. The minimum absolute atomic E-state index is 0.0537. The van der Waals surface area contributed by atoms with Crippen LogP contribution in [0.15, 0.2) is 54.6 Å². The van der Waals surface area contributed by atoms with Crippen molar-refractivity contribution in [1.29, 1.82) is 0 Å². The van der Waals surface area contributed by atoms with Crippen molar-refractivity contribution in [2.24, 2.45) is 0 Å². The Bertz CT molecular complexity index is 584. The largest absolute Gasteiger partial charge is 0.391 e. The predicted molar refractivity (Wildman–Crippen MR) is 82.3 cm³/mol. The van der Waals surface area contributed by atoms with Gasteiger partial charge in [0.2, 0.25) is 0 Å². The Kier molecular flexibility index (Phi) is 4.90. The van der Waals surface area contributed by atoms with Gasteiger partial charge in [0.25, 0.3) is 5.69 Å². The van der Waals surface area contributed by atoms with E-state index in [1.54, 1.807) is 12.1 Å². The second-order valence-electron chi connectivity index (χ2n) is 4.99. The number of benzene rings is 2. The highest BCUT2D eigenvalue weighted by atomic mass is 16.6. The molecule has 0 bridgehead atoms. The van der Waals surface area contributed by atoms with E-state index in [1.165, 1.54) is 12.1 Å². The van der Waals surface area contributed by atoms with E-state index in [4.69, 9.17) is 0 Å². The number of hydrogen-bond acceptors (Lipinski definition) is 4. The number of aliphatic hydroxyl groups is 1. The van der Waals surface area contributed by atoms with Crippen molar-refractivity contribution < 1.29 is 10.0 Å². The third-order valence-electron chi connectivity index (χ3n) is 3.34. The van der Waals surface area contributed by atoms with Gasteiger partial charge >= 0.3 is 0 Å². The van der Waals surface area contributed by atoms with Gasteiger partial charge in [-0.1, -0.05) is 30.3 Å². The predicted octanol–water partition coefficient (Wildman–Crippen LogP) is 3.00. The van der Waals surface area contributed by atoms with Crippen LogP contribution in [0.5, 0.6) is 0 Å². The summed E-state index contributed by atoms with van der Waals surface area (Å²) in [6.07, 6.45) is 0.0183. The van der Waals surface area contributed by atoms with Crippen molar-refractivity contribution in [2.45, 2.75) is 25.5 Å². The van der Waals surface area contributed by atoms with Crippen LogP contribution < -0.4 is 5.32 Å². The molecule has 2 aromatic carbocycles. The molecule has 21 heavy (non-hydrogen) atoms. The Morgan fingerprint density at radius 2 is 1.76 bits per heavy atom. The van der Waals surface area contributed by atoms with E-state index in [0.717, 1.165) is 11.3 Å². The molecule has 5 heteroatoms. The first kappa shape index (κ1) is 15.0. The van der Waals surface area contributed by atoms with Gasteiger partial charge in [-0.2, -0.15) is 0 Å². The third kappa shape index (κ3) is 4.29. The van der Waals surface area contributed by atoms with Crippen LogP contribution in [-0.2, 0) is 6.42 Å². The van der Waals surface area contributed by atoms with E-state index in [0.29, 0.717) is 6.42 Å². The van der Waals surface area contributed by atoms with Crippen molar-refractivity contribution in [3.05, 3.63) is 70.3 Å². The van der Waals surface area contributed by atoms with Crippen LogP contribution in [0.4, 0.5) is 11.4 Å². The minimum Gasteiger partial charge on any atom is -0.391 e. The second-order valence-corrected chi connectivity index (χ2v) is 4.99. The van der Waals surface area contributed by atoms with E-state index in [1.807, 2.05) is 37.3 Å². The number of hydrogen-bond donors (Lipinski definition) is 2. The fourth-order valence-electron chi connectivity index (χ4n) is 2.07. The normalized spacial score (nSPS) is 13.4. The van der Waals surface area contributed by atoms with Gasteiger partial charge in [0.05, 0.1) is 11.0 Å². The van der Waals surface area contributed by atoms with Crippen LogP contribution in [0.3, 0.4) is 0 Å². The monoisotopic (exact) mass is 286 g/mol. The maximum Gasteiger partial charge on any atom is 0.269 e. The molecular weight excluding hydrogens is 268 g/mol. The van der Waals surface area contributed by atoms with Crippen LogP contribution in [0.25, 0.3) is 0 Å². The quantitative estimate of drug-likeness (QED) is 0.632. The Hall–Kier alpha value is -2.40. The van der Waals surface area contributed by atoms with E-state index >= 15 is 0 Å². The zero-order valence-electron chi connectivity index (χ0n) is 11.8. The molecule has 5 nitrogen and oxygen atoms in total. The lowest BCUT2D eigenvalue weighted by molar-refractivity contribution is -0.384. The highest BCUT2D eigenvalue weighted by molar-refractivity contribution is 5.49. The number of nitrogens with zero attached hydrogens (tertiary/aromatic N) is 1. The molecule has 2 N–H and O–H groups in total. The maximum absolute atomic E-state index is 10.6. The molecule has 0 amide bonds. The standard InChI is InChI=1S/C16H18N2O3/c1-12(16(19)11-13-5-3-2-4-6-13)17-14-7-9-15(10-8-14)18(20)21/h2-10,12,16-17,19H,11H2,1H3. The fraction of sp³-hybridized carbons (Fsp3) is 0.250. The van der Waals surface area contributed by atoms with Crippen molar-refractivity contribution >= 4 is 11.4 Å². The van der Waals surface area contributed by atoms with Crippen molar-refractivity contribution in [1.82, 2.24) is 0 Å². The zero-order valence-corrected chi connectivity index (χ0v) is 11.8. The maximum atomic E-state index is 10.6. The van der Waals surface area contributed by atoms with E-state index in [9.17, 15) is 15.2 Å². The molecule has 0 fully saturated rings. The van der Waals surface area contributed by atoms with Crippen LogP contribution in [0.2, 0.25) is 0 Å².